The topological polar surface area (TPSA) is 12.0 Å². The average molecular weight is 250 g/mol. The first-order chi connectivity index (χ1) is 8.20. The van der Waals surface area contributed by atoms with Gasteiger partial charge in [0.05, 0.1) is 0 Å². The number of rotatable bonds is 1. The van der Waals surface area contributed by atoms with Gasteiger partial charge in [0, 0.05) is 17.5 Å². The maximum Gasteiger partial charge on any atom is 0.0408 e. The molecule has 0 aromatic heterocycles. The predicted molar refractivity (Wildman–Crippen MR) is 72.5 cm³/mol. The fourth-order valence-corrected chi connectivity index (χ4v) is 4.18. The molecule has 0 bridgehead atoms. The molecule has 2 aliphatic rings. The van der Waals surface area contributed by atoms with Gasteiger partial charge in [-0.25, -0.2) is 0 Å². The summed E-state index contributed by atoms with van der Waals surface area (Å²) in [6.45, 7) is 4.68. The zero-order valence-corrected chi connectivity index (χ0v) is 11.1. The van der Waals surface area contributed by atoms with Crippen LogP contribution in [0, 0.1) is 11.3 Å². The third kappa shape index (κ3) is 2.00. The molecule has 0 amide bonds. The summed E-state index contributed by atoms with van der Waals surface area (Å²) in [5.74, 6) is 1.57. The summed E-state index contributed by atoms with van der Waals surface area (Å²) >= 11 is 6.13. The molecule has 2 heteroatoms. The molecular weight excluding hydrogens is 230 g/mol. The van der Waals surface area contributed by atoms with E-state index in [1.807, 2.05) is 6.07 Å². The van der Waals surface area contributed by atoms with E-state index in [4.69, 9.17) is 11.6 Å². The van der Waals surface area contributed by atoms with Crippen molar-refractivity contribution in [3.63, 3.8) is 0 Å². The van der Waals surface area contributed by atoms with Crippen molar-refractivity contribution >= 4 is 11.6 Å². The second-order valence-corrected chi connectivity index (χ2v) is 6.37. The summed E-state index contributed by atoms with van der Waals surface area (Å²) in [4.78, 5) is 0. The van der Waals surface area contributed by atoms with Crippen LogP contribution in [0.5, 0.6) is 0 Å². The Kier molecular flexibility index (Phi) is 2.92. The largest absolute Gasteiger partial charge is 0.316 e. The van der Waals surface area contributed by atoms with Crippen molar-refractivity contribution in [2.24, 2.45) is 11.3 Å². The van der Waals surface area contributed by atoms with Crippen LogP contribution in [0.2, 0.25) is 5.02 Å². The molecule has 92 valence electrons. The molecule has 1 saturated carbocycles. The molecule has 2 fully saturated rings. The Morgan fingerprint density at radius 1 is 1.35 bits per heavy atom. The quantitative estimate of drug-likeness (QED) is 0.798. The number of nitrogens with one attached hydrogen (secondary N) is 1. The van der Waals surface area contributed by atoms with E-state index in [2.05, 4.69) is 30.4 Å². The van der Waals surface area contributed by atoms with Gasteiger partial charge in [-0.1, -0.05) is 30.7 Å². The molecule has 1 atom stereocenters. The van der Waals surface area contributed by atoms with Crippen LogP contribution in [0.4, 0.5) is 0 Å². The number of hydrogen-bond donors (Lipinski definition) is 1. The number of hydrogen-bond acceptors (Lipinski definition) is 1. The second-order valence-electron chi connectivity index (χ2n) is 5.94. The molecule has 1 N–H and O–H groups in total. The summed E-state index contributed by atoms with van der Waals surface area (Å²) in [6.07, 6.45) is 4.12. The van der Waals surface area contributed by atoms with Crippen molar-refractivity contribution in [2.45, 2.75) is 32.1 Å². The summed E-state index contributed by atoms with van der Waals surface area (Å²) in [7, 11) is 0. The third-order valence-corrected chi connectivity index (χ3v) is 4.88. The zero-order valence-electron chi connectivity index (χ0n) is 10.4. The molecule has 1 aliphatic carbocycles. The van der Waals surface area contributed by atoms with Gasteiger partial charge in [0.15, 0.2) is 0 Å². The van der Waals surface area contributed by atoms with E-state index in [-0.39, 0.29) is 0 Å². The van der Waals surface area contributed by atoms with Gasteiger partial charge in [0.2, 0.25) is 0 Å². The van der Waals surface area contributed by atoms with Crippen LogP contribution in [0.1, 0.15) is 37.7 Å². The minimum absolute atomic E-state index is 0.565. The first-order valence-electron chi connectivity index (χ1n) is 6.66. The van der Waals surface area contributed by atoms with Crippen LogP contribution in [0.25, 0.3) is 0 Å². The summed E-state index contributed by atoms with van der Waals surface area (Å²) < 4.78 is 0. The van der Waals surface area contributed by atoms with E-state index in [0.717, 1.165) is 17.5 Å². The Hall–Kier alpha value is -0.530. The molecule has 1 spiro atoms. The highest BCUT2D eigenvalue weighted by atomic mass is 35.5. The Bertz CT molecular complexity index is 404. The van der Waals surface area contributed by atoms with E-state index in [9.17, 15) is 0 Å². The summed E-state index contributed by atoms with van der Waals surface area (Å²) in [6, 6.07) is 8.46. The van der Waals surface area contributed by atoms with Crippen LogP contribution in [-0.2, 0) is 0 Å². The molecule has 17 heavy (non-hydrogen) atoms. The molecule has 1 aromatic carbocycles. The lowest BCUT2D eigenvalue weighted by molar-refractivity contribution is 0.00838. The monoisotopic (exact) mass is 249 g/mol. The van der Waals surface area contributed by atoms with Gasteiger partial charge in [-0.3, -0.25) is 0 Å². The lowest BCUT2D eigenvalue weighted by atomic mass is 9.52. The third-order valence-electron chi connectivity index (χ3n) is 4.65. The highest BCUT2D eigenvalue weighted by molar-refractivity contribution is 6.30. The first kappa shape index (κ1) is 11.6. The fourth-order valence-electron chi connectivity index (χ4n) is 3.99. The van der Waals surface area contributed by atoms with Crippen LogP contribution >= 0.6 is 11.6 Å². The minimum atomic E-state index is 0.565. The maximum atomic E-state index is 6.13. The SMILES string of the molecule is CC1CC2(CCNCC2c2cccc(Cl)c2)C1. The Morgan fingerprint density at radius 2 is 2.18 bits per heavy atom. The van der Waals surface area contributed by atoms with Crippen molar-refractivity contribution in [3.8, 4) is 0 Å². The number of benzene rings is 1. The molecule has 1 unspecified atom stereocenters. The van der Waals surface area contributed by atoms with Crippen LogP contribution in [0.3, 0.4) is 0 Å². The molecule has 1 heterocycles. The number of halogens is 1. The molecule has 1 saturated heterocycles. The zero-order chi connectivity index (χ0) is 11.9. The van der Waals surface area contributed by atoms with Gasteiger partial charge in [-0.15, -0.1) is 0 Å². The average Bonchev–Trinajstić information content (AvgIpc) is 2.28. The molecule has 0 radical (unpaired) electrons. The van der Waals surface area contributed by atoms with Gasteiger partial charge < -0.3 is 5.32 Å². The molecule has 1 nitrogen and oxygen atoms in total. The van der Waals surface area contributed by atoms with E-state index in [0.29, 0.717) is 11.3 Å². The molecule has 1 aromatic rings. The predicted octanol–water partition coefficient (Wildman–Crippen LogP) is 3.83. The second kappa shape index (κ2) is 4.29. The van der Waals surface area contributed by atoms with E-state index in [1.165, 1.54) is 31.4 Å². The van der Waals surface area contributed by atoms with Crippen LogP contribution in [-0.4, -0.2) is 13.1 Å². The van der Waals surface area contributed by atoms with Crippen molar-refractivity contribution in [1.82, 2.24) is 5.32 Å². The van der Waals surface area contributed by atoms with E-state index < -0.39 is 0 Å². The van der Waals surface area contributed by atoms with Gasteiger partial charge in [-0.2, -0.15) is 0 Å². The van der Waals surface area contributed by atoms with Gasteiger partial charge in [-0.05, 0) is 54.8 Å². The smallest absolute Gasteiger partial charge is 0.0408 e. The maximum absolute atomic E-state index is 6.13. The minimum Gasteiger partial charge on any atom is -0.316 e. The number of piperidine rings is 1. The van der Waals surface area contributed by atoms with Gasteiger partial charge in [0.1, 0.15) is 0 Å². The van der Waals surface area contributed by atoms with Crippen LogP contribution in [0.15, 0.2) is 24.3 Å². The van der Waals surface area contributed by atoms with Gasteiger partial charge >= 0.3 is 0 Å². The lowest BCUT2D eigenvalue weighted by Gasteiger charge is -2.54. The first-order valence-corrected chi connectivity index (χ1v) is 7.04. The van der Waals surface area contributed by atoms with Crippen molar-refractivity contribution < 1.29 is 0 Å². The molecule has 3 rings (SSSR count). The summed E-state index contributed by atoms with van der Waals surface area (Å²) in [5, 5.41) is 4.42. The lowest BCUT2D eigenvalue weighted by Crippen LogP contribution is -2.50. The fraction of sp³-hybridized carbons (Fsp3) is 0.600. The molecular formula is C15H20ClN. The Labute approximate surface area is 109 Å². The van der Waals surface area contributed by atoms with Crippen LogP contribution < -0.4 is 5.32 Å². The molecule has 1 aliphatic heterocycles. The highest BCUT2D eigenvalue weighted by Gasteiger charge is 2.49. The Morgan fingerprint density at radius 3 is 2.88 bits per heavy atom. The normalized spacial score (nSPS) is 36.8. The van der Waals surface area contributed by atoms with E-state index >= 15 is 0 Å². The van der Waals surface area contributed by atoms with Crippen molar-refractivity contribution in [3.05, 3.63) is 34.9 Å². The van der Waals surface area contributed by atoms with Gasteiger partial charge in [0.25, 0.3) is 0 Å². The summed E-state index contributed by atoms with van der Waals surface area (Å²) in [5.41, 5.74) is 1.99. The highest BCUT2D eigenvalue weighted by Crippen LogP contribution is 2.57. The standard InChI is InChI=1S/C15H20ClN/c1-11-8-15(9-11)5-6-17-10-14(15)12-3-2-4-13(16)7-12/h2-4,7,11,14,17H,5-6,8-10H2,1H3. The van der Waals surface area contributed by atoms with Crippen molar-refractivity contribution in [2.75, 3.05) is 13.1 Å². The Balaban J connectivity index is 1.89. The van der Waals surface area contributed by atoms with Crippen molar-refractivity contribution in [1.29, 1.82) is 0 Å². The van der Waals surface area contributed by atoms with E-state index in [1.54, 1.807) is 0 Å².